The van der Waals surface area contributed by atoms with E-state index in [1.165, 1.54) is 0 Å². The van der Waals surface area contributed by atoms with Gasteiger partial charge in [-0.15, -0.1) is 0 Å². The van der Waals surface area contributed by atoms with Crippen molar-refractivity contribution in [3.05, 3.63) is 28.2 Å². The topological polar surface area (TPSA) is 29.1 Å². The molecule has 0 aliphatic heterocycles. The first kappa shape index (κ1) is 19.0. The summed E-state index contributed by atoms with van der Waals surface area (Å²) in [4.78, 5) is 0.649. The number of hydrogen-bond donors (Lipinski definition) is 1. The molecular weight excluding hydrogens is 325 g/mol. The van der Waals surface area contributed by atoms with Crippen LogP contribution in [0.25, 0.3) is 0 Å². The fourth-order valence-corrected chi connectivity index (χ4v) is 4.69. The minimum absolute atomic E-state index is 0.0486. The molecule has 0 fully saturated rings. The van der Waals surface area contributed by atoms with Crippen LogP contribution in [0.1, 0.15) is 46.5 Å². The quantitative estimate of drug-likeness (QED) is 0.675. The third-order valence-electron chi connectivity index (χ3n) is 3.49. The largest absolute Gasteiger partial charge is 0.313 e. The molecule has 0 spiro atoms. The van der Waals surface area contributed by atoms with Gasteiger partial charge in [-0.2, -0.15) is 0 Å². The molecular formula is C16H25Cl2NOS. The average molecular weight is 350 g/mol. The van der Waals surface area contributed by atoms with Crippen LogP contribution in [0.3, 0.4) is 0 Å². The molecule has 2 nitrogen and oxygen atoms in total. The van der Waals surface area contributed by atoms with E-state index in [-0.39, 0.29) is 11.3 Å². The zero-order valence-electron chi connectivity index (χ0n) is 13.0. The molecule has 0 heterocycles. The van der Waals surface area contributed by atoms with Crippen molar-refractivity contribution >= 4 is 34.0 Å². The van der Waals surface area contributed by atoms with E-state index < -0.39 is 10.8 Å². The molecule has 0 aliphatic carbocycles. The number of hydrogen-bond acceptors (Lipinski definition) is 2. The Morgan fingerprint density at radius 1 is 1.19 bits per heavy atom. The molecule has 1 aromatic carbocycles. The van der Waals surface area contributed by atoms with Gasteiger partial charge >= 0.3 is 0 Å². The molecule has 3 unspecified atom stereocenters. The zero-order chi connectivity index (χ0) is 15.8. The normalized spacial score (nSPS) is 15.7. The first-order chi connectivity index (χ1) is 10.0. The molecule has 1 N–H and O–H groups in total. The van der Waals surface area contributed by atoms with E-state index in [4.69, 9.17) is 23.2 Å². The minimum atomic E-state index is -1.16. The van der Waals surface area contributed by atoms with Crippen molar-refractivity contribution in [2.45, 2.75) is 62.6 Å². The summed E-state index contributed by atoms with van der Waals surface area (Å²) in [5, 5.41) is 4.69. The van der Waals surface area contributed by atoms with Gasteiger partial charge in [-0.25, -0.2) is 0 Å². The molecule has 120 valence electrons. The van der Waals surface area contributed by atoms with Crippen LogP contribution >= 0.6 is 23.2 Å². The van der Waals surface area contributed by atoms with E-state index >= 15 is 0 Å². The van der Waals surface area contributed by atoms with Gasteiger partial charge in [0.15, 0.2) is 0 Å². The van der Waals surface area contributed by atoms with Crippen LogP contribution in [-0.4, -0.2) is 22.0 Å². The maximum atomic E-state index is 13.0. The van der Waals surface area contributed by atoms with E-state index in [9.17, 15) is 4.21 Å². The highest BCUT2D eigenvalue weighted by Gasteiger charge is 2.27. The van der Waals surface area contributed by atoms with Crippen molar-refractivity contribution in [2.24, 2.45) is 0 Å². The van der Waals surface area contributed by atoms with Gasteiger partial charge in [0, 0.05) is 11.1 Å². The lowest BCUT2D eigenvalue weighted by atomic mass is 10.1. The summed E-state index contributed by atoms with van der Waals surface area (Å²) in [6.07, 6.45) is 4.00. The lowest BCUT2D eigenvalue weighted by Crippen LogP contribution is -2.42. The first-order valence-electron chi connectivity index (χ1n) is 7.64. The number of halogens is 2. The van der Waals surface area contributed by atoms with Gasteiger partial charge in [0.2, 0.25) is 0 Å². The number of nitrogens with one attached hydrogen (secondary N) is 1. The molecule has 21 heavy (non-hydrogen) atoms. The molecule has 3 atom stereocenters. The van der Waals surface area contributed by atoms with Crippen molar-refractivity contribution in [2.75, 3.05) is 6.54 Å². The molecule has 5 heteroatoms. The lowest BCUT2D eigenvalue weighted by Gasteiger charge is -2.27. The van der Waals surface area contributed by atoms with Crippen LogP contribution in [0.15, 0.2) is 23.1 Å². The highest BCUT2D eigenvalue weighted by Crippen LogP contribution is 2.28. The third kappa shape index (κ3) is 5.55. The fraction of sp³-hybridized carbons (Fsp3) is 0.625. The van der Waals surface area contributed by atoms with Crippen molar-refractivity contribution in [1.82, 2.24) is 5.32 Å². The smallest absolute Gasteiger partial charge is 0.0592 e. The Labute approximate surface area is 141 Å². The SMILES string of the molecule is CCCNC(CCC)C(CC)S(=O)c1cc(Cl)ccc1Cl. The highest BCUT2D eigenvalue weighted by molar-refractivity contribution is 7.85. The Hall–Kier alpha value is -0.0900. The van der Waals surface area contributed by atoms with Gasteiger partial charge in [-0.3, -0.25) is 4.21 Å². The zero-order valence-corrected chi connectivity index (χ0v) is 15.3. The predicted molar refractivity (Wildman–Crippen MR) is 93.9 cm³/mol. The summed E-state index contributed by atoms with van der Waals surface area (Å²) in [7, 11) is -1.16. The summed E-state index contributed by atoms with van der Waals surface area (Å²) >= 11 is 12.2. The van der Waals surface area contributed by atoms with Crippen molar-refractivity contribution in [3.63, 3.8) is 0 Å². The Kier molecular flexibility index (Phi) is 8.88. The van der Waals surface area contributed by atoms with Crippen LogP contribution in [0, 0.1) is 0 Å². The molecule has 0 saturated carbocycles. The van der Waals surface area contributed by atoms with Gasteiger partial charge in [-0.1, -0.05) is 50.4 Å². The Bertz CT molecular complexity index is 468. The second kappa shape index (κ2) is 9.83. The fourth-order valence-electron chi connectivity index (χ4n) is 2.44. The maximum Gasteiger partial charge on any atom is 0.0592 e. The summed E-state index contributed by atoms with van der Waals surface area (Å²) < 4.78 is 13.0. The monoisotopic (exact) mass is 349 g/mol. The van der Waals surface area contributed by atoms with Crippen LogP contribution < -0.4 is 5.32 Å². The minimum Gasteiger partial charge on any atom is -0.313 e. The summed E-state index contributed by atoms with van der Waals surface area (Å²) in [6, 6.07) is 5.42. The van der Waals surface area contributed by atoms with Gasteiger partial charge in [0.05, 0.1) is 26.0 Å². The van der Waals surface area contributed by atoms with Crippen molar-refractivity contribution in [3.8, 4) is 0 Å². The van der Waals surface area contributed by atoms with Crippen LogP contribution in [-0.2, 0) is 10.8 Å². The highest BCUT2D eigenvalue weighted by atomic mass is 35.5. The third-order valence-corrected chi connectivity index (χ3v) is 6.15. The number of rotatable bonds is 9. The Morgan fingerprint density at radius 3 is 2.48 bits per heavy atom. The standard InChI is InChI=1S/C16H25Cl2NOS/c1-4-7-14(19-10-5-2)15(6-3)21(20)16-11-12(17)8-9-13(16)18/h8-9,11,14-15,19H,4-7,10H2,1-3H3. The molecule has 0 radical (unpaired) electrons. The van der Waals surface area contributed by atoms with Gasteiger partial charge in [-0.05, 0) is 44.0 Å². The molecule has 0 aliphatic rings. The van der Waals surface area contributed by atoms with E-state index in [2.05, 4.69) is 26.1 Å². The van der Waals surface area contributed by atoms with E-state index in [0.717, 1.165) is 32.2 Å². The van der Waals surface area contributed by atoms with Crippen molar-refractivity contribution in [1.29, 1.82) is 0 Å². The molecule has 0 amide bonds. The number of benzene rings is 1. The molecule has 1 aromatic rings. The predicted octanol–water partition coefficient (Wildman–Crippen LogP) is 5.05. The van der Waals surface area contributed by atoms with Crippen LogP contribution in [0.5, 0.6) is 0 Å². The van der Waals surface area contributed by atoms with Crippen LogP contribution in [0.2, 0.25) is 10.0 Å². The summed E-state index contributed by atoms with van der Waals surface area (Å²) in [5.41, 5.74) is 0. The molecule has 0 aromatic heterocycles. The van der Waals surface area contributed by atoms with Gasteiger partial charge in [0.1, 0.15) is 0 Å². The van der Waals surface area contributed by atoms with Gasteiger partial charge < -0.3 is 5.32 Å². The van der Waals surface area contributed by atoms with Crippen molar-refractivity contribution < 1.29 is 4.21 Å². The Balaban J connectivity index is 2.99. The van der Waals surface area contributed by atoms with E-state index in [0.29, 0.717) is 14.9 Å². The molecule has 0 bridgehead atoms. The maximum absolute atomic E-state index is 13.0. The second-order valence-corrected chi connectivity index (χ2v) is 7.65. The Morgan fingerprint density at radius 2 is 1.90 bits per heavy atom. The summed E-state index contributed by atoms with van der Waals surface area (Å²) in [6.45, 7) is 7.32. The van der Waals surface area contributed by atoms with E-state index in [1.54, 1.807) is 18.2 Å². The first-order valence-corrected chi connectivity index (χ1v) is 9.60. The average Bonchev–Trinajstić information content (AvgIpc) is 2.47. The molecule has 1 rings (SSSR count). The van der Waals surface area contributed by atoms with E-state index in [1.807, 2.05) is 0 Å². The lowest BCUT2D eigenvalue weighted by molar-refractivity contribution is 0.447. The van der Waals surface area contributed by atoms with Crippen LogP contribution in [0.4, 0.5) is 0 Å². The van der Waals surface area contributed by atoms with Gasteiger partial charge in [0.25, 0.3) is 0 Å². The second-order valence-electron chi connectivity index (χ2n) is 5.17. The molecule has 0 saturated heterocycles. The summed E-state index contributed by atoms with van der Waals surface area (Å²) in [5.74, 6) is 0.